The standard InChI is InChI=1S/C11H21N3O/c1-8(2)12-6-9-7-13-10(14-9)11(3,4)15-5/h7-8,12H,6H2,1-5H3,(H,13,14). The van der Waals surface area contributed by atoms with Gasteiger partial charge in [-0.3, -0.25) is 0 Å². The molecule has 1 heterocycles. The van der Waals surface area contributed by atoms with E-state index in [0.717, 1.165) is 18.1 Å². The topological polar surface area (TPSA) is 49.9 Å². The van der Waals surface area contributed by atoms with E-state index in [1.807, 2.05) is 20.0 Å². The molecule has 1 rings (SSSR count). The lowest BCUT2D eigenvalue weighted by molar-refractivity contribution is 0.0121. The zero-order chi connectivity index (χ0) is 11.5. The van der Waals surface area contributed by atoms with Gasteiger partial charge in [0.1, 0.15) is 11.4 Å². The molecule has 4 heteroatoms. The van der Waals surface area contributed by atoms with Crippen LogP contribution in [-0.2, 0) is 16.9 Å². The van der Waals surface area contributed by atoms with Gasteiger partial charge in [0.25, 0.3) is 0 Å². The minimum Gasteiger partial charge on any atom is -0.371 e. The number of methoxy groups -OCH3 is 1. The van der Waals surface area contributed by atoms with Crippen LogP contribution < -0.4 is 5.32 Å². The van der Waals surface area contributed by atoms with Crippen LogP contribution in [0.4, 0.5) is 0 Å². The molecule has 0 fully saturated rings. The smallest absolute Gasteiger partial charge is 0.138 e. The first-order chi connectivity index (χ1) is 6.95. The van der Waals surface area contributed by atoms with Crippen molar-refractivity contribution in [2.75, 3.05) is 7.11 Å². The van der Waals surface area contributed by atoms with Gasteiger partial charge < -0.3 is 15.0 Å². The maximum absolute atomic E-state index is 5.35. The molecule has 0 bridgehead atoms. The fourth-order valence-electron chi connectivity index (χ4n) is 1.17. The average molecular weight is 211 g/mol. The fourth-order valence-corrected chi connectivity index (χ4v) is 1.17. The second kappa shape index (κ2) is 4.77. The van der Waals surface area contributed by atoms with Gasteiger partial charge in [0.05, 0.1) is 0 Å². The van der Waals surface area contributed by atoms with Gasteiger partial charge in [0.15, 0.2) is 0 Å². The molecule has 0 saturated heterocycles. The van der Waals surface area contributed by atoms with Gasteiger partial charge in [-0.05, 0) is 13.8 Å². The number of nitrogens with one attached hydrogen (secondary N) is 2. The quantitative estimate of drug-likeness (QED) is 0.780. The first kappa shape index (κ1) is 12.2. The molecule has 0 aliphatic carbocycles. The van der Waals surface area contributed by atoms with E-state index < -0.39 is 0 Å². The van der Waals surface area contributed by atoms with Crippen LogP contribution in [0.2, 0.25) is 0 Å². The Bertz CT molecular complexity index is 305. The summed E-state index contributed by atoms with van der Waals surface area (Å²) in [5, 5.41) is 3.33. The normalized spacial score (nSPS) is 12.4. The number of H-pyrrole nitrogens is 1. The van der Waals surface area contributed by atoms with Crippen molar-refractivity contribution in [3.05, 3.63) is 17.7 Å². The molecule has 0 aliphatic heterocycles. The summed E-state index contributed by atoms with van der Waals surface area (Å²) in [5.74, 6) is 0.866. The summed E-state index contributed by atoms with van der Waals surface area (Å²) in [5.41, 5.74) is 0.736. The van der Waals surface area contributed by atoms with Crippen LogP contribution in [0.1, 0.15) is 39.2 Å². The zero-order valence-corrected chi connectivity index (χ0v) is 10.2. The van der Waals surface area contributed by atoms with Gasteiger partial charge in [-0.1, -0.05) is 13.8 Å². The Morgan fingerprint density at radius 1 is 1.53 bits per heavy atom. The van der Waals surface area contributed by atoms with Crippen molar-refractivity contribution in [3.63, 3.8) is 0 Å². The Morgan fingerprint density at radius 2 is 2.20 bits per heavy atom. The first-order valence-electron chi connectivity index (χ1n) is 5.28. The van der Waals surface area contributed by atoms with E-state index in [1.165, 1.54) is 0 Å². The molecule has 0 unspecified atom stereocenters. The molecular weight excluding hydrogens is 190 g/mol. The molecule has 0 saturated carbocycles. The van der Waals surface area contributed by atoms with Gasteiger partial charge in [0, 0.05) is 31.6 Å². The van der Waals surface area contributed by atoms with E-state index >= 15 is 0 Å². The molecule has 0 aromatic carbocycles. The van der Waals surface area contributed by atoms with E-state index in [-0.39, 0.29) is 5.60 Å². The first-order valence-corrected chi connectivity index (χ1v) is 5.28. The monoisotopic (exact) mass is 211 g/mol. The summed E-state index contributed by atoms with van der Waals surface area (Å²) < 4.78 is 5.35. The third-order valence-electron chi connectivity index (χ3n) is 2.41. The highest BCUT2D eigenvalue weighted by Gasteiger charge is 2.22. The Labute approximate surface area is 91.4 Å². The van der Waals surface area contributed by atoms with Crippen molar-refractivity contribution in [3.8, 4) is 0 Å². The molecule has 86 valence electrons. The molecule has 0 atom stereocenters. The molecular formula is C11H21N3O. The number of imidazole rings is 1. The van der Waals surface area contributed by atoms with Gasteiger partial charge in [-0.25, -0.2) is 4.98 Å². The lowest BCUT2D eigenvalue weighted by atomic mass is 10.1. The van der Waals surface area contributed by atoms with E-state index in [4.69, 9.17) is 4.74 Å². The van der Waals surface area contributed by atoms with Crippen LogP contribution >= 0.6 is 0 Å². The molecule has 0 aliphatic rings. The predicted molar refractivity (Wildman–Crippen MR) is 60.6 cm³/mol. The number of hydrogen-bond acceptors (Lipinski definition) is 3. The number of rotatable bonds is 5. The van der Waals surface area contributed by atoms with Crippen LogP contribution in [-0.4, -0.2) is 23.1 Å². The molecule has 1 aromatic rings. The molecule has 0 amide bonds. The molecule has 1 aromatic heterocycles. The fraction of sp³-hybridized carbons (Fsp3) is 0.727. The van der Waals surface area contributed by atoms with Crippen molar-refractivity contribution in [2.24, 2.45) is 0 Å². The summed E-state index contributed by atoms with van der Waals surface area (Å²) in [6.07, 6.45) is 1.85. The highest BCUT2D eigenvalue weighted by Crippen LogP contribution is 2.20. The maximum Gasteiger partial charge on any atom is 0.138 e. The minimum atomic E-state index is -0.351. The number of hydrogen-bond donors (Lipinski definition) is 2. The number of ether oxygens (including phenoxy) is 1. The molecule has 0 spiro atoms. The summed E-state index contributed by atoms with van der Waals surface area (Å²) in [4.78, 5) is 7.58. The van der Waals surface area contributed by atoms with Crippen LogP contribution in [0.15, 0.2) is 6.20 Å². The van der Waals surface area contributed by atoms with Crippen molar-refractivity contribution >= 4 is 0 Å². The van der Waals surface area contributed by atoms with Gasteiger partial charge in [-0.2, -0.15) is 0 Å². The van der Waals surface area contributed by atoms with Crippen LogP contribution in [0.25, 0.3) is 0 Å². The van der Waals surface area contributed by atoms with E-state index in [1.54, 1.807) is 7.11 Å². The van der Waals surface area contributed by atoms with Crippen molar-refractivity contribution in [1.82, 2.24) is 15.3 Å². The third kappa shape index (κ3) is 3.32. The van der Waals surface area contributed by atoms with Crippen molar-refractivity contribution in [2.45, 2.75) is 45.9 Å². The molecule has 0 radical (unpaired) electrons. The summed E-state index contributed by atoms with van der Waals surface area (Å²) in [6.45, 7) is 9.04. The highest BCUT2D eigenvalue weighted by molar-refractivity contribution is 5.06. The largest absolute Gasteiger partial charge is 0.371 e. The lowest BCUT2D eigenvalue weighted by Gasteiger charge is -2.19. The number of aromatic nitrogens is 2. The van der Waals surface area contributed by atoms with Gasteiger partial charge in [0.2, 0.25) is 0 Å². The highest BCUT2D eigenvalue weighted by atomic mass is 16.5. The van der Waals surface area contributed by atoms with E-state index in [2.05, 4.69) is 29.1 Å². The Kier molecular flexibility index (Phi) is 3.88. The molecule has 2 N–H and O–H groups in total. The van der Waals surface area contributed by atoms with E-state index in [9.17, 15) is 0 Å². The zero-order valence-electron chi connectivity index (χ0n) is 10.2. The number of aromatic amines is 1. The second-order valence-electron chi connectivity index (χ2n) is 4.51. The second-order valence-corrected chi connectivity index (χ2v) is 4.51. The lowest BCUT2D eigenvalue weighted by Crippen LogP contribution is -2.23. The van der Waals surface area contributed by atoms with Crippen LogP contribution in [0.3, 0.4) is 0 Å². The van der Waals surface area contributed by atoms with Crippen LogP contribution in [0, 0.1) is 0 Å². The summed E-state index contributed by atoms with van der Waals surface area (Å²) in [7, 11) is 1.69. The van der Waals surface area contributed by atoms with Gasteiger partial charge in [-0.15, -0.1) is 0 Å². The number of nitrogens with zero attached hydrogens (tertiary/aromatic N) is 1. The summed E-state index contributed by atoms with van der Waals surface area (Å²) in [6, 6.07) is 0.479. The Balaban J connectivity index is 2.64. The molecule has 15 heavy (non-hydrogen) atoms. The Morgan fingerprint density at radius 3 is 2.73 bits per heavy atom. The van der Waals surface area contributed by atoms with Crippen molar-refractivity contribution < 1.29 is 4.74 Å². The Hall–Kier alpha value is -0.870. The third-order valence-corrected chi connectivity index (χ3v) is 2.41. The average Bonchev–Trinajstić information content (AvgIpc) is 2.63. The van der Waals surface area contributed by atoms with Crippen LogP contribution in [0.5, 0.6) is 0 Å². The van der Waals surface area contributed by atoms with Crippen molar-refractivity contribution in [1.29, 1.82) is 0 Å². The predicted octanol–water partition coefficient (Wildman–Crippen LogP) is 1.79. The summed E-state index contributed by atoms with van der Waals surface area (Å²) >= 11 is 0. The molecule has 4 nitrogen and oxygen atoms in total. The minimum absolute atomic E-state index is 0.351. The van der Waals surface area contributed by atoms with Gasteiger partial charge >= 0.3 is 0 Å². The SMILES string of the molecule is COC(C)(C)c1ncc(CNC(C)C)[nH]1. The van der Waals surface area contributed by atoms with E-state index in [0.29, 0.717) is 6.04 Å². The maximum atomic E-state index is 5.35.